The number of hydrogen-bond acceptors (Lipinski definition) is 6. The fourth-order valence-corrected chi connectivity index (χ4v) is 1.70. The molecule has 0 bridgehead atoms. The van der Waals surface area contributed by atoms with Crippen molar-refractivity contribution in [2.24, 2.45) is 0 Å². The summed E-state index contributed by atoms with van der Waals surface area (Å²) in [5, 5.41) is 12.2. The predicted octanol–water partition coefficient (Wildman–Crippen LogP) is 0.102. The molecular formula is C10H14N4O2. The second-order valence-corrected chi connectivity index (χ2v) is 3.54. The van der Waals surface area contributed by atoms with Crippen LogP contribution in [-0.4, -0.2) is 38.3 Å². The van der Waals surface area contributed by atoms with Gasteiger partial charge in [-0.25, -0.2) is 0 Å². The van der Waals surface area contributed by atoms with E-state index in [0.29, 0.717) is 24.1 Å². The predicted molar refractivity (Wildman–Crippen MR) is 57.0 cm³/mol. The first-order chi connectivity index (χ1) is 7.85. The quantitative estimate of drug-likeness (QED) is 0.782. The van der Waals surface area contributed by atoms with Gasteiger partial charge in [-0.3, -0.25) is 0 Å². The van der Waals surface area contributed by atoms with Gasteiger partial charge in [-0.05, 0) is 0 Å². The van der Waals surface area contributed by atoms with Crippen LogP contribution in [-0.2, 0) is 11.3 Å². The van der Waals surface area contributed by atoms with E-state index in [1.807, 2.05) is 11.0 Å². The van der Waals surface area contributed by atoms with Crippen LogP contribution >= 0.6 is 0 Å². The van der Waals surface area contributed by atoms with E-state index in [0.717, 1.165) is 26.2 Å². The summed E-state index contributed by atoms with van der Waals surface area (Å²) < 4.78 is 10.5. The summed E-state index contributed by atoms with van der Waals surface area (Å²) in [4.78, 5) is 6.11. The van der Waals surface area contributed by atoms with Crippen LogP contribution in [0.25, 0.3) is 0 Å². The molecule has 2 heterocycles. The van der Waals surface area contributed by atoms with Crippen LogP contribution in [0.5, 0.6) is 0 Å². The monoisotopic (exact) mass is 222 g/mol. The molecule has 0 atom stereocenters. The van der Waals surface area contributed by atoms with E-state index >= 15 is 0 Å². The molecule has 1 aromatic rings. The van der Waals surface area contributed by atoms with Gasteiger partial charge < -0.3 is 19.4 Å². The lowest BCUT2D eigenvalue weighted by Gasteiger charge is -2.26. The van der Waals surface area contributed by atoms with Crippen molar-refractivity contribution in [2.45, 2.75) is 6.61 Å². The molecule has 1 N–H and O–H groups in total. The second-order valence-electron chi connectivity index (χ2n) is 3.54. The summed E-state index contributed by atoms with van der Waals surface area (Å²) in [5.74, 6) is 1.02. The van der Waals surface area contributed by atoms with E-state index in [1.54, 1.807) is 7.11 Å². The smallest absolute Gasteiger partial charge is 0.234 e. The van der Waals surface area contributed by atoms with Gasteiger partial charge >= 0.3 is 0 Å². The van der Waals surface area contributed by atoms with E-state index in [9.17, 15) is 0 Å². The Morgan fingerprint density at radius 3 is 2.94 bits per heavy atom. The van der Waals surface area contributed by atoms with Crippen LogP contribution in [0.15, 0.2) is 4.42 Å². The average molecular weight is 222 g/mol. The zero-order valence-corrected chi connectivity index (χ0v) is 9.19. The van der Waals surface area contributed by atoms with Gasteiger partial charge in [0, 0.05) is 33.3 Å². The number of rotatable bonds is 3. The number of aromatic nitrogens is 1. The number of hydrogen-bond donors (Lipinski definition) is 1. The molecule has 0 spiro atoms. The van der Waals surface area contributed by atoms with E-state index in [1.165, 1.54) is 0 Å². The third kappa shape index (κ3) is 2.15. The van der Waals surface area contributed by atoms with Gasteiger partial charge in [0.1, 0.15) is 12.7 Å². The van der Waals surface area contributed by atoms with Crippen molar-refractivity contribution in [3.8, 4) is 6.07 Å². The van der Waals surface area contributed by atoms with Gasteiger partial charge in [0.05, 0.1) is 0 Å². The first kappa shape index (κ1) is 10.9. The molecule has 2 rings (SSSR count). The molecule has 0 saturated carbocycles. The number of methoxy groups -OCH3 is 1. The van der Waals surface area contributed by atoms with Gasteiger partial charge in [0.15, 0.2) is 0 Å². The number of ether oxygens (including phenoxy) is 1. The van der Waals surface area contributed by atoms with E-state index in [-0.39, 0.29) is 0 Å². The van der Waals surface area contributed by atoms with Crippen molar-refractivity contribution in [3.63, 3.8) is 0 Å². The Kier molecular flexibility index (Phi) is 3.39. The molecule has 1 aromatic heterocycles. The molecule has 6 heteroatoms. The fraction of sp³-hybridized carbons (Fsp3) is 0.600. The highest BCUT2D eigenvalue weighted by molar-refractivity contribution is 5.48. The molecule has 1 saturated heterocycles. The zero-order valence-electron chi connectivity index (χ0n) is 9.19. The van der Waals surface area contributed by atoms with Gasteiger partial charge in [-0.1, -0.05) is 0 Å². The van der Waals surface area contributed by atoms with Crippen molar-refractivity contribution >= 4 is 5.88 Å². The molecule has 86 valence electrons. The lowest BCUT2D eigenvalue weighted by Crippen LogP contribution is -2.43. The summed E-state index contributed by atoms with van der Waals surface area (Å²) in [6, 6.07) is 2.05. The third-order valence-corrected chi connectivity index (χ3v) is 2.43. The number of anilines is 1. The molecule has 6 nitrogen and oxygen atoms in total. The fourth-order valence-electron chi connectivity index (χ4n) is 1.70. The topological polar surface area (TPSA) is 74.3 Å². The van der Waals surface area contributed by atoms with Gasteiger partial charge in [-0.15, -0.1) is 0 Å². The lowest BCUT2D eigenvalue weighted by atomic mass is 10.3. The first-order valence-electron chi connectivity index (χ1n) is 5.19. The minimum atomic E-state index is 0.292. The SMILES string of the molecule is COCc1nc(C#N)c(N2CCNCC2)o1. The summed E-state index contributed by atoms with van der Waals surface area (Å²) in [6.45, 7) is 3.74. The molecule has 1 fully saturated rings. The molecule has 0 amide bonds. The number of piperazine rings is 1. The van der Waals surface area contributed by atoms with E-state index < -0.39 is 0 Å². The Hall–Kier alpha value is -1.58. The molecule has 16 heavy (non-hydrogen) atoms. The largest absolute Gasteiger partial charge is 0.421 e. The molecular weight excluding hydrogens is 208 g/mol. The molecule has 0 radical (unpaired) electrons. The van der Waals surface area contributed by atoms with Crippen molar-refractivity contribution in [1.82, 2.24) is 10.3 Å². The Morgan fingerprint density at radius 1 is 1.56 bits per heavy atom. The first-order valence-corrected chi connectivity index (χ1v) is 5.19. The molecule has 0 unspecified atom stereocenters. The highest BCUT2D eigenvalue weighted by atomic mass is 16.5. The number of nitriles is 1. The maximum atomic E-state index is 8.98. The third-order valence-electron chi connectivity index (χ3n) is 2.43. The molecule has 0 aliphatic carbocycles. The summed E-state index contributed by atoms with van der Waals surface area (Å²) in [5.41, 5.74) is 0.342. The Labute approximate surface area is 93.8 Å². The minimum Gasteiger partial charge on any atom is -0.421 e. The van der Waals surface area contributed by atoms with Crippen LogP contribution in [0.2, 0.25) is 0 Å². The van der Waals surface area contributed by atoms with Crippen LogP contribution in [0, 0.1) is 11.3 Å². The molecule has 1 aliphatic rings. The summed E-state index contributed by atoms with van der Waals surface area (Å²) in [7, 11) is 1.57. The van der Waals surface area contributed by atoms with Crippen molar-refractivity contribution in [1.29, 1.82) is 5.26 Å². The second kappa shape index (κ2) is 4.96. The summed E-state index contributed by atoms with van der Waals surface area (Å²) >= 11 is 0. The van der Waals surface area contributed by atoms with Crippen molar-refractivity contribution in [3.05, 3.63) is 11.6 Å². The number of oxazole rings is 1. The van der Waals surface area contributed by atoms with Gasteiger partial charge in [0.2, 0.25) is 17.5 Å². The average Bonchev–Trinajstić information content (AvgIpc) is 2.74. The van der Waals surface area contributed by atoms with Crippen molar-refractivity contribution < 1.29 is 9.15 Å². The molecule has 0 aromatic carbocycles. The van der Waals surface area contributed by atoms with Gasteiger partial charge in [0.25, 0.3) is 0 Å². The molecule has 1 aliphatic heterocycles. The Morgan fingerprint density at radius 2 is 2.31 bits per heavy atom. The lowest BCUT2D eigenvalue weighted by molar-refractivity contribution is 0.160. The highest BCUT2D eigenvalue weighted by Crippen LogP contribution is 2.22. The number of nitrogens with one attached hydrogen (secondary N) is 1. The maximum Gasteiger partial charge on any atom is 0.234 e. The van der Waals surface area contributed by atoms with Crippen LogP contribution < -0.4 is 10.2 Å². The normalized spacial score (nSPS) is 16.1. The van der Waals surface area contributed by atoms with E-state index in [2.05, 4.69) is 10.3 Å². The van der Waals surface area contributed by atoms with Gasteiger partial charge in [-0.2, -0.15) is 10.2 Å². The van der Waals surface area contributed by atoms with Crippen LogP contribution in [0.1, 0.15) is 11.6 Å². The standard InChI is InChI=1S/C10H14N4O2/c1-15-7-9-13-8(6-11)10(16-9)14-4-2-12-3-5-14/h12H,2-5,7H2,1H3. The zero-order chi connectivity index (χ0) is 11.4. The van der Waals surface area contributed by atoms with Crippen LogP contribution in [0.4, 0.5) is 5.88 Å². The summed E-state index contributed by atoms with van der Waals surface area (Å²) in [6.07, 6.45) is 0. The van der Waals surface area contributed by atoms with Crippen molar-refractivity contribution in [2.75, 3.05) is 38.2 Å². The minimum absolute atomic E-state index is 0.292. The van der Waals surface area contributed by atoms with E-state index in [4.69, 9.17) is 14.4 Å². The number of nitrogens with zero attached hydrogens (tertiary/aromatic N) is 3. The highest BCUT2D eigenvalue weighted by Gasteiger charge is 2.20. The Bertz CT molecular complexity index is 390. The van der Waals surface area contributed by atoms with Crippen LogP contribution in [0.3, 0.4) is 0 Å². The Balaban J connectivity index is 2.20. The maximum absolute atomic E-state index is 8.98.